The van der Waals surface area contributed by atoms with Gasteiger partial charge in [-0.25, -0.2) is 4.79 Å². The van der Waals surface area contributed by atoms with Crippen LogP contribution in [0.3, 0.4) is 0 Å². The lowest BCUT2D eigenvalue weighted by atomic mass is 10.00. The summed E-state index contributed by atoms with van der Waals surface area (Å²) in [6.07, 6.45) is 1.42. The summed E-state index contributed by atoms with van der Waals surface area (Å²) in [5.41, 5.74) is -0.472. The predicted octanol–water partition coefficient (Wildman–Crippen LogP) is 2.60. The molecule has 1 aliphatic heterocycles. The van der Waals surface area contributed by atoms with E-state index in [1.54, 1.807) is 4.90 Å². The van der Waals surface area contributed by atoms with Gasteiger partial charge >= 0.3 is 6.09 Å². The van der Waals surface area contributed by atoms with Gasteiger partial charge in [-0.1, -0.05) is 0 Å². The first-order chi connectivity index (χ1) is 6.92. The molecule has 0 aromatic carbocycles. The van der Waals surface area contributed by atoms with Crippen molar-refractivity contribution in [1.82, 2.24) is 4.90 Å². The maximum absolute atomic E-state index is 12.5. The quantitative estimate of drug-likeness (QED) is 0.675. The van der Waals surface area contributed by atoms with Crippen LogP contribution in [0, 0.1) is 5.92 Å². The first-order valence-electron chi connectivity index (χ1n) is 5.46. The zero-order chi connectivity index (χ0) is 11.5. The molecule has 0 N–H and O–H groups in total. The number of piperidine rings is 1. The molecule has 1 aliphatic rings. The minimum atomic E-state index is -0.472. The third-order valence-electron chi connectivity index (χ3n) is 2.39. The van der Waals surface area contributed by atoms with E-state index in [1.165, 1.54) is 0 Å². The maximum atomic E-state index is 12.5. The van der Waals surface area contributed by atoms with Crippen LogP contribution in [0.2, 0.25) is 0 Å². The summed E-state index contributed by atoms with van der Waals surface area (Å²) in [5, 5.41) is 0. The molecule has 0 spiro atoms. The molecule has 3 nitrogen and oxygen atoms in total. The topological polar surface area (TPSA) is 29.5 Å². The smallest absolute Gasteiger partial charge is 0.410 e. The number of halogens is 1. The molecular formula is C11H20FNO2. The van der Waals surface area contributed by atoms with Crippen LogP contribution in [0.1, 0.15) is 33.6 Å². The van der Waals surface area contributed by atoms with E-state index in [9.17, 15) is 9.18 Å². The Balaban J connectivity index is 2.45. The monoisotopic (exact) mass is 217 g/mol. The summed E-state index contributed by atoms with van der Waals surface area (Å²) < 4.78 is 17.7. The number of carbonyl (C=O) groups is 1. The molecule has 0 aliphatic carbocycles. The van der Waals surface area contributed by atoms with Crippen molar-refractivity contribution in [1.29, 1.82) is 0 Å². The average molecular weight is 217 g/mol. The first kappa shape index (κ1) is 12.3. The summed E-state index contributed by atoms with van der Waals surface area (Å²) in [4.78, 5) is 13.3. The molecule has 1 rings (SSSR count). The van der Waals surface area contributed by atoms with Gasteiger partial charge in [-0.05, 0) is 33.6 Å². The van der Waals surface area contributed by atoms with Crippen LogP contribution in [0.15, 0.2) is 0 Å². The highest BCUT2D eigenvalue weighted by atomic mass is 19.1. The fourth-order valence-corrected chi connectivity index (χ4v) is 1.68. The van der Waals surface area contributed by atoms with Gasteiger partial charge in [0.15, 0.2) is 0 Å². The van der Waals surface area contributed by atoms with E-state index in [0.717, 1.165) is 12.8 Å². The highest BCUT2D eigenvalue weighted by Crippen LogP contribution is 2.19. The number of ether oxygens (including phenoxy) is 1. The standard InChI is InChI=1S/C11H20FNO2/c1-11(2,3)15-10(14)13-6-4-5-9(7-12)8-13/h9H,4-8H2,1-3H3. The van der Waals surface area contributed by atoms with Crippen molar-refractivity contribution >= 4 is 6.09 Å². The van der Waals surface area contributed by atoms with Crippen LogP contribution in [0.25, 0.3) is 0 Å². The Bertz CT molecular complexity index is 225. The van der Waals surface area contributed by atoms with Crippen molar-refractivity contribution in [2.75, 3.05) is 19.8 Å². The van der Waals surface area contributed by atoms with E-state index in [1.807, 2.05) is 20.8 Å². The minimum absolute atomic E-state index is 0.00808. The van der Waals surface area contributed by atoms with Crippen LogP contribution in [-0.4, -0.2) is 36.4 Å². The van der Waals surface area contributed by atoms with E-state index in [0.29, 0.717) is 13.1 Å². The predicted molar refractivity (Wildman–Crippen MR) is 56.5 cm³/mol. The Hall–Kier alpha value is -0.800. The second kappa shape index (κ2) is 4.81. The van der Waals surface area contributed by atoms with E-state index in [-0.39, 0.29) is 18.7 Å². The number of amides is 1. The summed E-state index contributed by atoms with van der Waals surface area (Å²) >= 11 is 0. The van der Waals surface area contributed by atoms with Gasteiger partial charge in [0.1, 0.15) is 5.60 Å². The largest absolute Gasteiger partial charge is 0.444 e. The van der Waals surface area contributed by atoms with Crippen molar-refractivity contribution in [3.8, 4) is 0 Å². The van der Waals surface area contributed by atoms with Crippen molar-refractivity contribution in [2.45, 2.75) is 39.2 Å². The number of alkyl halides is 1. The molecule has 1 atom stereocenters. The van der Waals surface area contributed by atoms with Crippen LogP contribution >= 0.6 is 0 Å². The molecule has 0 aromatic heterocycles. The summed E-state index contributed by atoms with van der Waals surface area (Å²) in [5.74, 6) is -0.00808. The Morgan fingerprint density at radius 1 is 1.53 bits per heavy atom. The maximum Gasteiger partial charge on any atom is 0.410 e. The molecule has 0 saturated carbocycles. The highest BCUT2D eigenvalue weighted by Gasteiger charge is 2.27. The first-order valence-corrected chi connectivity index (χ1v) is 5.46. The summed E-state index contributed by atoms with van der Waals surface area (Å²) in [6.45, 7) is 6.33. The second-order valence-electron chi connectivity index (χ2n) is 5.09. The molecule has 1 amide bonds. The zero-order valence-corrected chi connectivity index (χ0v) is 9.75. The number of nitrogens with zero attached hydrogens (tertiary/aromatic N) is 1. The molecule has 15 heavy (non-hydrogen) atoms. The number of hydrogen-bond acceptors (Lipinski definition) is 2. The molecule has 1 heterocycles. The lowest BCUT2D eigenvalue weighted by molar-refractivity contribution is 0.0154. The fraction of sp³-hybridized carbons (Fsp3) is 0.909. The zero-order valence-electron chi connectivity index (χ0n) is 9.75. The molecule has 88 valence electrons. The van der Waals surface area contributed by atoms with Crippen molar-refractivity contribution in [2.24, 2.45) is 5.92 Å². The molecule has 0 aromatic rings. The van der Waals surface area contributed by atoms with Gasteiger partial charge in [0.25, 0.3) is 0 Å². The van der Waals surface area contributed by atoms with Gasteiger partial charge < -0.3 is 9.64 Å². The molecular weight excluding hydrogens is 197 g/mol. The van der Waals surface area contributed by atoms with Gasteiger partial charge in [0, 0.05) is 19.0 Å². The fourth-order valence-electron chi connectivity index (χ4n) is 1.68. The number of carbonyl (C=O) groups excluding carboxylic acids is 1. The Labute approximate surface area is 90.6 Å². The van der Waals surface area contributed by atoms with Crippen molar-refractivity contribution in [3.05, 3.63) is 0 Å². The SMILES string of the molecule is CC(C)(C)OC(=O)N1CCCC(CF)C1. The second-order valence-corrected chi connectivity index (χ2v) is 5.09. The lowest BCUT2D eigenvalue weighted by Crippen LogP contribution is -2.43. The molecule has 1 unspecified atom stereocenters. The van der Waals surface area contributed by atoms with Crippen LogP contribution in [0.5, 0.6) is 0 Å². The van der Waals surface area contributed by atoms with E-state index in [4.69, 9.17) is 4.74 Å². The van der Waals surface area contributed by atoms with Gasteiger partial charge in [0.05, 0.1) is 6.67 Å². The number of rotatable bonds is 1. The van der Waals surface area contributed by atoms with Crippen LogP contribution < -0.4 is 0 Å². The molecule has 0 bridgehead atoms. The van der Waals surface area contributed by atoms with Crippen molar-refractivity contribution in [3.63, 3.8) is 0 Å². The molecule has 1 fully saturated rings. The Morgan fingerprint density at radius 3 is 2.73 bits per heavy atom. The van der Waals surface area contributed by atoms with E-state index in [2.05, 4.69) is 0 Å². The normalized spacial score (nSPS) is 22.7. The van der Waals surface area contributed by atoms with Crippen molar-refractivity contribution < 1.29 is 13.9 Å². The number of hydrogen-bond donors (Lipinski definition) is 0. The van der Waals surface area contributed by atoms with Crippen LogP contribution in [-0.2, 0) is 4.74 Å². The molecule has 1 saturated heterocycles. The summed E-state index contributed by atoms with van der Waals surface area (Å²) in [7, 11) is 0. The highest BCUT2D eigenvalue weighted by molar-refractivity contribution is 5.68. The summed E-state index contributed by atoms with van der Waals surface area (Å²) in [6, 6.07) is 0. The van der Waals surface area contributed by atoms with Gasteiger partial charge in [-0.15, -0.1) is 0 Å². The van der Waals surface area contributed by atoms with Crippen LogP contribution in [0.4, 0.5) is 9.18 Å². The lowest BCUT2D eigenvalue weighted by Gasteiger charge is -2.33. The van der Waals surface area contributed by atoms with E-state index < -0.39 is 5.60 Å². The average Bonchev–Trinajstić information content (AvgIpc) is 2.15. The van der Waals surface area contributed by atoms with Gasteiger partial charge in [0.2, 0.25) is 0 Å². The number of likely N-dealkylation sites (tertiary alicyclic amines) is 1. The van der Waals surface area contributed by atoms with E-state index >= 15 is 0 Å². The third kappa shape index (κ3) is 4.06. The molecule has 4 heteroatoms. The molecule has 0 radical (unpaired) electrons. The Morgan fingerprint density at radius 2 is 2.20 bits per heavy atom. The van der Waals surface area contributed by atoms with Gasteiger partial charge in [-0.2, -0.15) is 0 Å². The minimum Gasteiger partial charge on any atom is -0.444 e. The third-order valence-corrected chi connectivity index (χ3v) is 2.39. The Kier molecular flexibility index (Phi) is 3.94. The van der Waals surface area contributed by atoms with Gasteiger partial charge in [-0.3, -0.25) is 4.39 Å².